The number of aromatic nitrogens is 3. The maximum Gasteiger partial charge on any atom is 0.153 e. The van der Waals surface area contributed by atoms with Crippen LogP contribution in [0.5, 0.6) is 0 Å². The molecule has 0 amide bonds. The van der Waals surface area contributed by atoms with Gasteiger partial charge in [0.2, 0.25) is 0 Å². The summed E-state index contributed by atoms with van der Waals surface area (Å²) in [5.74, 6) is -0.253. The summed E-state index contributed by atoms with van der Waals surface area (Å²) in [6.07, 6.45) is 0.539. The Balaban J connectivity index is 2.20. The molecule has 2 aromatic rings. The van der Waals surface area contributed by atoms with Crippen LogP contribution in [-0.2, 0) is 13.5 Å². The van der Waals surface area contributed by atoms with E-state index < -0.39 is 0 Å². The number of benzene rings is 1. The van der Waals surface area contributed by atoms with Crippen molar-refractivity contribution in [2.24, 2.45) is 12.8 Å². The molecule has 4 nitrogen and oxygen atoms in total. The zero-order valence-electron chi connectivity index (χ0n) is 9.27. The lowest BCUT2D eigenvalue weighted by molar-refractivity contribution is 0.598. The van der Waals surface area contributed by atoms with E-state index in [-0.39, 0.29) is 11.9 Å². The van der Waals surface area contributed by atoms with Gasteiger partial charge in [0.25, 0.3) is 0 Å². The van der Waals surface area contributed by atoms with Crippen LogP contribution in [0.2, 0.25) is 0 Å². The minimum Gasteiger partial charge on any atom is -0.322 e. The highest BCUT2D eigenvalue weighted by Crippen LogP contribution is 2.21. The van der Waals surface area contributed by atoms with E-state index in [1.54, 1.807) is 17.8 Å². The Bertz CT molecular complexity index is 506. The predicted octanol–water partition coefficient (Wildman–Crippen LogP) is 1.96. The van der Waals surface area contributed by atoms with Gasteiger partial charge < -0.3 is 5.73 Å². The third kappa shape index (κ3) is 2.70. The molecule has 2 rings (SSSR count). The summed E-state index contributed by atoms with van der Waals surface area (Å²) in [7, 11) is 1.78. The number of hydrogen-bond donors (Lipinski definition) is 1. The first-order valence-corrected chi connectivity index (χ1v) is 5.92. The lowest BCUT2D eigenvalue weighted by atomic mass is 10.0. The van der Waals surface area contributed by atoms with Crippen molar-refractivity contribution in [3.8, 4) is 0 Å². The van der Waals surface area contributed by atoms with Gasteiger partial charge in [-0.2, -0.15) is 0 Å². The van der Waals surface area contributed by atoms with Crippen LogP contribution in [0.15, 0.2) is 28.9 Å². The maximum atomic E-state index is 13.0. The molecule has 0 aliphatic heterocycles. The van der Waals surface area contributed by atoms with E-state index in [4.69, 9.17) is 5.73 Å². The van der Waals surface area contributed by atoms with Gasteiger partial charge in [-0.25, -0.2) is 9.07 Å². The van der Waals surface area contributed by atoms with E-state index in [0.717, 1.165) is 11.3 Å². The zero-order valence-corrected chi connectivity index (χ0v) is 10.9. The molecule has 1 heterocycles. The Morgan fingerprint density at radius 1 is 1.53 bits per heavy atom. The predicted molar refractivity (Wildman–Crippen MR) is 65.7 cm³/mol. The fourth-order valence-electron chi connectivity index (χ4n) is 1.75. The number of nitrogens with two attached hydrogens (primary N) is 1. The molecule has 0 spiro atoms. The molecular formula is C11H12BrFN4. The van der Waals surface area contributed by atoms with Gasteiger partial charge in [0.1, 0.15) is 5.82 Å². The number of hydrogen-bond acceptors (Lipinski definition) is 3. The molecule has 1 aromatic heterocycles. The third-order valence-corrected chi connectivity index (χ3v) is 3.09. The van der Waals surface area contributed by atoms with Crippen molar-refractivity contribution in [1.29, 1.82) is 0 Å². The molecule has 0 aliphatic rings. The van der Waals surface area contributed by atoms with Gasteiger partial charge in [0, 0.05) is 7.05 Å². The maximum absolute atomic E-state index is 13.0. The SMILES string of the molecule is Cn1nnc(Br)c1C(N)Cc1cccc(F)c1. The standard InChI is InChI=1S/C11H12BrFN4/c1-17-10(11(12)15-16-17)9(14)6-7-3-2-4-8(13)5-7/h2-5,9H,6,14H2,1H3. The third-order valence-electron chi connectivity index (χ3n) is 2.52. The Labute approximate surface area is 107 Å². The van der Waals surface area contributed by atoms with Gasteiger partial charge in [0.15, 0.2) is 4.60 Å². The fraction of sp³-hybridized carbons (Fsp3) is 0.273. The molecule has 0 saturated carbocycles. The Kier molecular flexibility index (Phi) is 3.54. The van der Waals surface area contributed by atoms with Crippen LogP contribution in [-0.4, -0.2) is 15.0 Å². The fourth-order valence-corrected chi connectivity index (χ4v) is 2.37. The molecule has 0 fully saturated rings. The van der Waals surface area contributed by atoms with Gasteiger partial charge in [0.05, 0.1) is 11.7 Å². The first kappa shape index (κ1) is 12.2. The van der Waals surface area contributed by atoms with Crippen molar-refractivity contribution in [1.82, 2.24) is 15.0 Å². The Hall–Kier alpha value is -1.27. The second kappa shape index (κ2) is 4.93. The van der Waals surface area contributed by atoms with E-state index in [2.05, 4.69) is 26.2 Å². The van der Waals surface area contributed by atoms with Crippen LogP contribution in [0, 0.1) is 5.82 Å². The monoisotopic (exact) mass is 298 g/mol. The highest BCUT2D eigenvalue weighted by atomic mass is 79.9. The Morgan fingerprint density at radius 2 is 2.29 bits per heavy atom. The zero-order chi connectivity index (χ0) is 12.4. The molecule has 6 heteroatoms. The van der Waals surface area contributed by atoms with E-state index in [1.165, 1.54) is 12.1 Å². The first-order valence-electron chi connectivity index (χ1n) is 5.13. The van der Waals surface area contributed by atoms with Crippen molar-refractivity contribution < 1.29 is 4.39 Å². The summed E-state index contributed by atoms with van der Waals surface area (Å²) >= 11 is 3.30. The highest BCUT2D eigenvalue weighted by Gasteiger charge is 2.16. The molecule has 1 unspecified atom stereocenters. The minimum absolute atomic E-state index is 0.253. The molecule has 2 N–H and O–H groups in total. The largest absolute Gasteiger partial charge is 0.322 e. The van der Waals surface area contributed by atoms with Gasteiger partial charge in [-0.05, 0) is 40.0 Å². The lowest BCUT2D eigenvalue weighted by Gasteiger charge is -2.12. The molecule has 0 radical (unpaired) electrons. The molecular weight excluding hydrogens is 287 g/mol. The van der Waals surface area contributed by atoms with Crippen LogP contribution >= 0.6 is 15.9 Å². The molecule has 0 aliphatic carbocycles. The smallest absolute Gasteiger partial charge is 0.153 e. The van der Waals surface area contributed by atoms with Crippen molar-refractivity contribution >= 4 is 15.9 Å². The quantitative estimate of drug-likeness (QED) is 0.942. The van der Waals surface area contributed by atoms with E-state index in [1.807, 2.05) is 6.07 Å². The average Bonchev–Trinajstić information content (AvgIpc) is 2.58. The lowest BCUT2D eigenvalue weighted by Crippen LogP contribution is -2.17. The van der Waals surface area contributed by atoms with Crippen molar-refractivity contribution in [2.45, 2.75) is 12.5 Å². The summed E-state index contributed by atoms with van der Waals surface area (Å²) in [4.78, 5) is 0. The number of nitrogens with zero attached hydrogens (tertiary/aromatic N) is 3. The normalized spacial score (nSPS) is 12.7. The second-order valence-corrected chi connectivity index (χ2v) is 4.58. The summed E-state index contributed by atoms with van der Waals surface area (Å²) in [5.41, 5.74) is 7.72. The van der Waals surface area contributed by atoms with Crippen molar-refractivity contribution in [3.63, 3.8) is 0 Å². The van der Waals surface area contributed by atoms with Crippen LogP contribution in [0.3, 0.4) is 0 Å². The highest BCUT2D eigenvalue weighted by molar-refractivity contribution is 9.10. The number of halogens is 2. The molecule has 0 saturated heterocycles. The molecule has 1 atom stereocenters. The molecule has 17 heavy (non-hydrogen) atoms. The molecule has 1 aromatic carbocycles. The van der Waals surface area contributed by atoms with Gasteiger partial charge >= 0.3 is 0 Å². The Morgan fingerprint density at radius 3 is 2.88 bits per heavy atom. The number of aryl methyl sites for hydroxylation is 1. The van der Waals surface area contributed by atoms with Crippen LogP contribution in [0.4, 0.5) is 4.39 Å². The van der Waals surface area contributed by atoms with Crippen molar-refractivity contribution in [3.05, 3.63) is 45.9 Å². The van der Waals surface area contributed by atoms with Gasteiger partial charge in [-0.3, -0.25) is 0 Å². The summed E-state index contributed by atoms with van der Waals surface area (Å²) in [6, 6.07) is 6.15. The second-order valence-electron chi connectivity index (χ2n) is 3.83. The van der Waals surface area contributed by atoms with Crippen molar-refractivity contribution in [2.75, 3.05) is 0 Å². The van der Waals surface area contributed by atoms with Gasteiger partial charge in [-0.1, -0.05) is 17.3 Å². The van der Waals surface area contributed by atoms with Crippen LogP contribution < -0.4 is 5.73 Å². The van der Waals surface area contributed by atoms with E-state index in [9.17, 15) is 4.39 Å². The van der Waals surface area contributed by atoms with E-state index in [0.29, 0.717) is 11.0 Å². The summed E-state index contributed by atoms with van der Waals surface area (Å²) < 4.78 is 15.3. The summed E-state index contributed by atoms with van der Waals surface area (Å²) in [5, 5.41) is 7.73. The first-order chi connectivity index (χ1) is 8.08. The minimum atomic E-state index is -0.272. The molecule has 0 bridgehead atoms. The summed E-state index contributed by atoms with van der Waals surface area (Å²) in [6.45, 7) is 0. The van der Waals surface area contributed by atoms with Crippen LogP contribution in [0.1, 0.15) is 17.3 Å². The van der Waals surface area contributed by atoms with E-state index >= 15 is 0 Å². The average molecular weight is 299 g/mol. The topological polar surface area (TPSA) is 56.7 Å². The van der Waals surface area contributed by atoms with Crippen LogP contribution in [0.25, 0.3) is 0 Å². The van der Waals surface area contributed by atoms with Gasteiger partial charge in [-0.15, -0.1) is 5.10 Å². The molecule has 90 valence electrons. The number of rotatable bonds is 3.